The highest BCUT2D eigenvalue weighted by Gasteiger charge is 2.32. The van der Waals surface area contributed by atoms with E-state index in [1.807, 2.05) is 50.2 Å². The Balaban J connectivity index is 1.46. The Kier molecular flexibility index (Phi) is 6.68. The third kappa shape index (κ3) is 4.90. The molecule has 2 heterocycles. The van der Waals surface area contributed by atoms with E-state index in [-0.39, 0.29) is 16.8 Å². The SMILES string of the molecule is CCc1ccc(S(=O)(=O)N2CCCC(c3nnc(C(=O)Nc4ccc(C)cc4)s3)C2)cc1. The molecule has 0 radical (unpaired) electrons. The molecule has 1 aromatic heterocycles. The van der Waals surface area contributed by atoms with Crippen molar-refractivity contribution in [3.63, 3.8) is 0 Å². The minimum atomic E-state index is -3.57. The van der Waals surface area contributed by atoms with Crippen molar-refractivity contribution in [3.8, 4) is 0 Å². The van der Waals surface area contributed by atoms with Gasteiger partial charge in [0.1, 0.15) is 5.01 Å². The van der Waals surface area contributed by atoms with Crippen molar-refractivity contribution in [3.05, 3.63) is 69.7 Å². The number of benzene rings is 2. The minimum Gasteiger partial charge on any atom is -0.320 e. The molecule has 2 aromatic carbocycles. The minimum absolute atomic E-state index is 0.0770. The first-order valence-corrected chi connectivity index (χ1v) is 12.9. The number of aromatic nitrogens is 2. The molecular formula is C23H26N4O3S2. The van der Waals surface area contributed by atoms with E-state index in [9.17, 15) is 13.2 Å². The number of aryl methyl sites for hydroxylation is 2. The van der Waals surface area contributed by atoms with Crippen LogP contribution in [0.15, 0.2) is 53.4 Å². The van der Waals surface area contributed by atoms with Crippen molar-refractivity contribution < 1.29 is 13.2 Å². The molecule has 168 valence electrons. The predicted molar refractivity (Wildman–Crippen MR) is 126 cm³/mol. The van der Waals surface area contributed by atoms with Gasteiger partial charge in [-0.05, 0) is 56.0 Å². The molecule has 0 bridgehead atoms. The van der Waals surface area contributed by atoms with Crippen LogP contribution in [-0.4, -0.2) is 41.9 Å². The van der Waals surface area contributed by atoms with Crippen LogP contribution in [0.1, 0.15) is 51.6 Å². The van der Waals surface area contributed by atoms with Gasteiger partial charge in [0.2, 0.25) is 15.0 Å². The van der Waals surface area contributed by atoms with Crippen LogP contribution in [-0.2, 0) is 16.4 Å². The molecule has 0 saturated carbocycles. The number of amides is 1. The molecule has 1 atom stereocenters. The van der Waals surface area contributed by atoms with Gasteiger partial charge in [-0.3, -0.25) is 4.79 Å². The lowest BCUT2D eigenvalue weighted by molar-refractivity contribution is 0.102. The van der Waals surface area contributed by atoms with Crippen LogP contribution < -0.4 is 5.32 Å². The van der Waals surface area contributed by atoms with E-state index in [2.05, 4.69) is 15.5 Å². The van der Waals surface area contributed by atoms with Crippen LogP contribution in [0.3, 0.4) is 0 Å². The summed E-state index contributed by atoms with van der Waals surface area (Å²) in [5.41, 5.74) is 2.91. The lowest BCUT2D eigenvalue weighted by Gasteiger charge is -2.30. The maximum atomic E-state index is 13.1. The Hall–Kier alpha value is -2.62. The van der Waals surface area contributed by atoms with Crippen LogP contribution in [0.4, 0.5) is 5.69 Å². The topological polar surface area (TPSA) is 92.3 Å². The van der Waals surface area contributed by atoms with E-state index in [0.717, 1.165) is 30.4 Å². The molecule has 1 amide bonds. The summed E-state index contributed by atoms with van der Waals surface area (Å²) in [4.78, 5) is 12.9. The number of anilines is 1. The smallest absolute Gasteiger partial charge is 0.286 e. The molecule has 1 aliphatic rings. The highest BCUT2D eigenvalue weighted by atomic mass is 32.2. The van der Waals surface area contributed by atoms with Gasteiger partial charge in [-0.2, -0.15) is 4.31 Å². The Morgan fingerprint density at radius 3 is 2.53 bits per heavy atom. The zero-order valence-electron chi connectivity index (χ0n) is 18.1. The molecule has 9 heteroatoms. The van der Waals surface area contributed by atoms with Crippen LogP contribution in [0, 0.1) is 6.92 Å². The van der Waals surface area contributed by atoms with Gasteiger partial charge in [0, 0.05) is 24.7 Å². The number of sulfonamides is 1. The molecule has 3 aromatic rings. The summed E-state index contributed by atoms with van der Waals surface area (Å²) in [7, 11) is -3.57. The van der Waals surface area contributed by atoms with Crippen LogP contribution >= 0.6 is 11.3 Å². The van der Waals surface area contributed by atoms with Gasteiger partial charge in [0.25, 0.3) is 5.91 Å². The van der Waals surface area contributed by atoms with Crippen molar-refractivity contribution in [1.82, 2.24) is 14.5 Å². The van der Waals surface area contributed by atoms with Gasteiger partial charge in [0.05, 0.1) is 4.90 Å². The summed E-state index contributed by atoms with van der Waals surface area (Å²) in [6, 6.07) is 14.6. The fourth-order valence-corrected chi connectivity index (χ4v) is 6.11. The lowest BCUT2D eigenvalue weighted by atomic mass is 10.0. The largest absolute Gasteiger partial charge is 0.320 e. The van der Waals surface area contributed by atoms with Gasteiger partial charge in [-0.15, -0.1) is 10.2 Å². The fourth-order valence-electron chi connectivity index (χ4n) is 3.72. The molecule has 32 heavy (non-hydrogen) atoms. The van der Waals surface area contributed by atoms with Crippen molar-refractivity contribution >= 4 is 33.0 Å². The Labute approximate surface area is 192 Å². The maximum absolute atomic E-state index is 13.1. The van der Waals surface area contributed by atoms with Gasteiger partial charge in [-0.1, -0.05) is 48.1 Å². The van der Waals surface area contributed by atoms with Crippen LogP contribution in [0.5, 0.6) is 0 Å². The zero-order chi connectivity index (χ0) is 22.7. The van der Waals surface area contributed by atoms with Crippen molar-refractivity contribution in [2.24, 2.45) is 0 Å². The second-order valence-corrected chi connectivity index (χ2v) is 10.9. The number of rotatable bonds is 6. The summed E-state index contributed by atoms with van der Waals surface area (Å²) in [5, 5.41) is 12.1. The Morgan fingerprint density at radius 1 is 1.12 bits per heavy atom. The number of hydrogen-bond acceptors (Lipinski definition) is 6. The van der Waals surface area contributed by atoms with Gasteiger partial charge >= 0.3 is 0 Å². The number of nitrogens with one attached hydrogen (secondary N) is 1. The highest BCUT2D eigenvalue weighted by molar-refractivity contribution is 7.89. The molecule has 4 rings (SSSR count). The van der Waals surface area contributed by atoms with E-state index in [1.165, 1.54) is 15.6 Å². The third-order valence-electron chi connectivity index (χ3n) is 5.65. The normalized spacial score (nSPS) is 17.2. The molecule has 1 fully saturated rings. The Bertz CT molecular complexity index is 1190. The second-order valence-electron chi connectivity index (χ2n) is 7.97. The predicted octanol–water partition coefficient (Wildman–Crippen LogP) is 4.23. The Morgan fingerprint density at radius 2 is 1.84 bits per heavy atom. The molecule has 0 aliphatic carbocycles. The summed E-state index contributed by atoms with van der Waals surface area (Å²) < 4.78 is 27.8. The summed E-state index contributed by atoms with van der Waals surface area (Å²) in [6.07, 6.45) is 2.42. The summed E-state index contributed by atoms with van der Waals surface area (Å²) >= 11 is 1.23. The quantitative estimate of drug-likeness (QED) is 0.582. The fraction of sp³-hybridized carbons (Fsp3) is 0.348. The van der Waals surface area contributed by atoms with E-state index in [0.29, 0.717) is 28.7 Å². The molecule has 1 N–H and O–H groups in total. The number of carbonyl (C=O) groups is 1. The summed E-state index contributed by atoms with van der Waals surface area (Å²) in [5.74, 6) is -0.388. The average Bonchev–Trinajstić information content (AvgIpc) is 3.31. The van der Waals surface area contributed by atoms with Gasteiger partial charge < -0.3 is 5.32 Å². The van der Waals surface area contributed by atoms with Crippen LogP contribution in [0.2, 0.25) is 0 Å². The number of piperidine rings is 1. The van der Waals surface area contributed by atoms with E-state index in [1.54, 1.807) is 12.1 Å². The molecule has 7 nitrogen and oxygen atoms in total. The third-order valence-corrected chi connectivity index (χ3v) is 8.61. The molecule has 1 aliphatic heterocycles. The second kappa shape index (κ2) is 9.48. The van der Waals surface area contributed by atoms with Gasteiger partial charge in [-0.25, -0.2) is 8.42 Å². The van der Waals surface area contributed by atoms with Crippen LogP contribution in [0.25, 0.3) is 0 Å². The molecule has 1 unspecified atom stereocenters. The molecule has 1 saturated heterocycles. The number of nitrogens with zero attached hydrogens (tertiary/aromatic N) is 3. The highest BCUT2D eigenvalue weighted by Crippen LogP contribution is 2.32. The number of carbonyl (C=O) groups excluding carboxylic acids is 1. The first-order valence-electron chi connectivity index (χ1n) is 10.7. The lowest BCUT2D eigenvalue weighted by Crippen LogP contribution is -2.39. The average molecular weight is 471 g/mol. The first-order chi connectivity index (χ1) is 15.4. The van der Waals surface area contributed by atoms with E-state index < -0.39 is 10.0 Å². The van der Waals surface area contributed by atoms with Crippen molar-refractivity contribution in [2.45, 2.75) is 43.9 Å². The molecule has 0 spiro atoms. The standard InChI is InChI=1S/C23H26N4O3S2/c1-3-17-8-12-20(13-9-17)32(29,30)27-14-4-5-18(15-27)22-25-26-23(31-22)21(28)24-19-10-6-16(2)7-11-19/h6-13,18H,3-5,14-15H2,1-2H3,(H,24,28). The summed E-state index contributed by atoms with van der Waals surface area (Å²) in [6.45, 7) is 4.84. The van der Waals surface area contributed by atoms with Gasteiger partial charge in [0.15, 0.2) is 0 Å². The monoisotopic (exact) mass is 470 g/mol. The molecular weight excluding hydrogens is 444 g/mol. The van der Waals surface area contributed by atoms with E-state index >= 15 is 0 Å². The maximum Gasteiger partial charge on any atom is 0.286 e. The van der Waals surface area contributed by atoms with Crippen molar-refractivity contribution in [1.29, 1.82) is 0 Å². The van der Waals surface area contributed by atoms with Crippen molar-refractivity contribution in [2.75, 3.05) is 18.4 Å². The zero-order valence-corrected chi connectivity index (χ0v) is 19.7. The first kappa shape index (κ1) is 22.6. The van der Waals surface area contributed by atoms with E-state index in [4.69, 9.17) is 0 Å². The number of hydrogen-bond donors (Lipinski definition) is 1.